The van der Waals surface area contributed by atoms with Crippen molar-refractivity contribution < 1.29 is 32.7 Å². The maximum atomic E-state index is 2.31. The van der Waals surface area contributed by atoms with E-state index in [0.29, 0.717) is 0 Å². The first-order valence-corrected chi connectivity index (χ1v) is 1.82. The number of hydrogen-bond donors (Lipinski definition) is 0. The molecule has 1 aliphatic rings. The van der Waals surface area contributed by atoms with Crippen molar-refractivity contribution in [3.05, 3.63) is 13.8 Å². The van der Waals surface area contributed by atoms with Gasteiger partial charge in [-0.25, -0.2) is 0 Å². The van der Waals surface area contributed by atoms with Gasteiger partial charge < -0.3 is 13.8 Å². The van der Waals surface area contributed by atoms with E-state index in [0.717, 1.165) is 0 Å². The molecule has 6 heavy (non-hydrogen) atoms. The predicted octanol–water partition coefficient (Wildman–Crippen LogP) is 1.82. The summed E-state index contributed by atoms with van der Waals surface area (Å²) < 4.78 is 0. The Kier molecular flexibility index (Phi) is 10.3. The summed E-state index contributed by atoms with van der Waals surface area (Å²) in [6.07, 6.45) is 6.50. The first-order valence-electron chi connectivity index (χ1n) is 1.82. The van der Waals surface area contributed by atoms with Crippen LogP contribution in [-0.4, -0.2) is 0 Å². The molecule has 0 aliphatic heterocycles. The molecule has 1 fully saturated rings. The summed E-state index contributed by atoms with van der Waals surface area (Å²) in [4.78, 5) is 0. The molecule has 0 aromatic rings. The second-order valence-corrected chi connectivity index (χ2v) is 1.22. The monoisotopic (exact) mass is 159 g/mol. The molecule has 1 radical (unpaired) electrons. The summed E-state index contributed by atoms with van der Waals surface area (Å²) >= 11 is 0. The summed E-state index contributed by atoms with van der Waals surface area (Å²) in [7, 11) is 0. The average Bonchev–Trinajstić information content (AvgIpc) is 0.722. The smallest absolute Gasteiger partial charge is 0 e. The van der Waals surface area contributed by atoms with Crippen LogP contribution in [0.2, 0.25) is 0 Å². The molecule has 1 rings (SSSR count). The van der Waals surface area contributed by atoms with Gasteiger partial charge in [0.15, 0.2) is 0 Å². The fourth-order valence-electron chi connectivity index (χ4n) is 0.204. The maximum Gasteiger partial charge on any atom is 0 e. The van der Waals surface area contributed by atoms with Crippen LogP contribution in [0.25, 0.3) is 0 Å². The molecule has 0 atom stereocenters. The van der Waals surface area contributed by atoms with Crippen LogP contribution in [0.1, 0.15) is 19.3 Å². The van der Waals surface area contributed by atoms with Gasteiger partial charge in [-0.15, -0.1) is 6.42 Å². The van der Waals surface area contributed by atoms with E-state index in [9.17, 15) is 0 Å². The van der Waals surface area contributed by atoms with Gasteiger partial charge in [0.1, 0.15) is 0 Å². The minimum absolute atomic E-state index is 0. The summed E-state index contributed by atoms with van der Waals surface area (Å²) in [6.45, 7) is 0. The van der Waals surface area contributed by atoms with E-state index in [4.69, 9.17) is 0 Å². The molecule has 0 unspecified atom stereocenters. The Morgan fingerprint density at radius 2 is 1.33 bits per heavy atom. The van der Waals surface area contributed by atoms with E-state index in [1.54, 1.807) is 0 Å². The van der Waals surface area contributed by atoms with E-state index in [-0.39, 0.29) is 40.1 Å². The Morgan fingerprint density at radius 3 is 1.33 bits per heavy atom. The van der Waals surface area contributed by atoms with Crippen molar-refractivity contribution in [1.82, 2.24) is 0 Å². The number of hydrogen-bond acceptors (Lipinski definition) is 0. The minimum atomic E-state index is 0. The first-order chi connectivity index (χ1) is 2.00. The molecule has 35 valence electrons. The van der Waals surface area contributed by atoms with Gasteiger partial charge in [0, 0.05) is 32.7 Å². The van der Waals surface area contributed by atoms with E-state index >= 15 is 0 Å². The molecule has 0 bridgehead atoms. The Morgan fingerprint density at radius 1 is 1.17 bits per heavy atom. The van der Waals surface area contributed by atoms with E-state index in [2.05, 4.69) is 6.42 Å². The van der Waals surface area contributed by atoms with Gasteiger partial charge in [0.05, 0.1) is 0 Å². The third-order valence-electron chi connectivity index (χ3n) is 0.816. The van der Waals surface area contributed by atoms with Crippen molar-refractivity contribution in [2.24, 2.45) is 0 Å². The van der Waals surface area contributed by atoms with E-state index in [1.165, 1.54) is 19.3 Å². The third-order valence-corrected chi connectivity index (χ3v) is 0.816. The van der Waals surface area contributed by atoms with Crippen LogP contribution in [-0.2, 0) is 32.7 Å². The zero-order chi connectivity index (χ0) is 2.83. The van der Waals surface area contributed by atoms with Crippen molar-refractivity contribution in [1.29, 1.82) is 0 Å². The van der Waals surface area contributed by atoms with Gasteiger partial charge in [0.25, 0.3) is 0 Å². The second kappa shape index (κ2) is 6.10. The third kappa shape index (κ3) is 3.30. The van der Waals surface area contributed by atoms with Gasteiger partial charge in [0.2, 0.25) is 0 Å². The molecule has 0 aromatic heterocycles. The quantitative estimate of drug-likeness (QED) is 0.473. The van der Waals surface area contributed by atoms with Gasteiger partial charge >= 0.3 is 0 Å². The SMILES string of the molecule is [CH-]1CCC1.[CH3-].[Y]. The minimum Gasteiger partial charge on any atom is -0.358 e. The van der Waals surface area contributed by atoms with Gasteiger partial charge in [-0.1, -0.05) is 0 Å². The van der Waals surface area contributed by atoms with Crippen molar-refractivity contribution >= 4 is 0 Å². The molecule has 1 aliphatic carbocycles. The van der Waals surface area contributed by atoms with E-state index in [1.807, 2.05) is 0 Å². The zero-order valence-electron chi connectivity index (χ0n) is 4.28. The Bertz CT molecular complexity index is 11.9. The fourth-order valence-corrected chi connectivity index (χ4v) is 0.204. The van der Waals surface area contributed by atoms with E-state index < -0.39 is 0 Å². The molecule has 0 nitrogen and oxygen atoms in total. The summed E-state index contributed by atoms with van der Waals surface area (Å²) in [6, 6.07) is 0. The summed E-state index contributed by atoms with van der Waals surface area (Å²) in [5.74, 6) is 0. The molecule has 1 saturated carbocycles. The van der Waals surface area contributed by atoms with Crippen LogP contribution < -0.4 is 0 Å². The normalized spacial score (nSPS) is 16.0. The topological polar surface area (TPSA) is 0 Å². The molecular formula is C5H10Y-2. The molecule has 1 heteroatoms. The summed E-state index contributed by atoms with van der Waals surface area (Å²) in [5, 5.41) is 0. The second-order valence-electron chi connectivity index (χ2n) is 1.22. The fraction of sp³-hybridized carbons (Fsp3) is 0.600. The van der Waals surface area contributed by atoms with Crippen molar-refractivity contribution in [2.75, 3.05) is 0 Å². The molecule has 0 heterocycles. The standard InChI is InChI=1S/C4H7.CH3.Y/c1-2-4-3-1;;/h1H,2-4H2;1H3;/q2*-1;. The average molecular weight is 159 g/mol. The largest absolute Gasteiger partial charge is 0.358 e. The van der Waals surface area contributed by atoms with Crippen molar-refractivity contribution in [2.45, 2.75) is 19.3 Å². The first kappa shape index (κ1) is 10.2. The van der Waals surface area contributed by atoms with Crippen LogP contribution in [0, 0.1) is 13.8 Å². The Hall–Kier alpha value is 1.10. The predicted molar refractivity (Wildman–Crippen MR) is 24.6 cm³/mol. The van der Waals surface area contributed by atoms with Crippen molar-refractivity contribution in [3.8, 4) is 0 Å². The van der Waals surface area contributed by atoms with Gasteiger partial charge in [-0.3, -0.25) is 0 Å². The molecule has 0 aromatic carbocycles. The summed E-state index contributed by atoms with van der Waals surface area (Å²) in [5.41, 5.74) is 0. The van der Waals surface area contributed by atoms with Crippen LogP contribution >= 0.6 is 0 Å². The number of rotatable bonds is 0. The molecule has 0 spiro atoms. The van der Waals surface area contributed by atoms with Crippen LogP contribution in [0.4, 0.5) is 0 Å². The van der Waals surface area contributed by atoms with Gasteiger partial charge in [-0.05, 0) is 0 Å². The van der Waals surface area contributed by atoms with Gasteiger partial charge in [-0.2, -0.15) is 12.8 Å². The van der Waals surface area contributed by atoms with Crippen LogP contribution in [0.3, 0.4) is 0 Å². The Balaban J connectivity index is 0. The molecular weight excluding hydrogens is 149 g/mol. The molecule has 0 N–H and O–H groups in total. The van der Waals surface area contributed by atoms with Crippen LogP contribution in [0.15, 0.2) is 0 Å². The maximum absolute atomic E-state index is 2.31. The Labute approximate surface area is 65.6 Å². The zero-order valence-corrected chi connectivity index (χ0v) is 7.11. The van der Waals surface area contributed by atoms with Crippen molar-refractivity contribution in [3.63, 3.8) is 0 Å². The van der Waals surface area contributed by atoms with Crippen LogP contribution in [0.5, 0.6) is 0 Å². The molecule has 0 amide bonds. The molecule has 0 saturated heterocycles.